The van der Waals surface area contributed by atoms with Gasteiger partial charge in [0.25, 0.3) is 0 Å². The number of amides is 1. The molecule has 1 rings (SSSR count). The van der Waals surface area contributed by atoms with Crippen LogP contribution in [0.25, 0.3) is 6.08 Å². The predicted molar refractivity (Wildman–Crippen MR) is 79.1 cm³/mol. The van der Waals surface area contributed by atoms with Crippen LogP contribution >= 0.6 is 0 Å². The van der Waals surface area contributed by atoms with E-state index < -0.39 is 12.0 Å². The number of hydrogen-bond donors (Lipinski definition) is 2. The van der Waals surface area contributed by atoms with Crippen LogP contribution in [0, 0.1) is 5.82 Å². The van der Waals surface area contributed by atoms with Gasteiger partial charge in [0.1, 0.15) is 11.9 Å². The van der Waals surface area contributed by atoms with Crippen molar-refractivity contribution in [3.8, 4) is 0 Å². The number of carbonyl (C=O) groups is 2. The predicted octanol–water partition coefficient (Wildman–Crippen LogP) is 2.99. The highest BCUT2D eigenvalue weighted by molar-refractivity contribution is 5.84. The van der Waals surface area contributed by atoms with Crippen molar-refractivity contribution in [1.29, 1.82) is 0 Å². The number of benzene rings is 1. The molecule has 114 valence electrons. The minimum atomic E-state index is -1.01. The van der Waals surface area contributed by atoms with Crippen LogP contribution in [0.2, 0.25) is 0 Å². The fraction of sp³-hybridized carbons (Fsp3) is 0.375. The first-order chi connectivity index (χ1) is 10.0. The summed E-state index contributed by atoms with van der Waals surface area (Å²) in [7, 11) is 0. The summed E-state index contributed by atoms with van der Waals surface area (Å²) in [5.74, 6) is -1.67. The van der Waals surface area contributed by atoms with E-state index in [2.05, 4.69) is 5.32 Å². The van der Waals surface area contributed by atoms with Crippen LogP contribution in [0.3, 0.4) is 0 Å². The molecule has 0 saturated carbocycles. The van der Waals surface area contributed by atoms with E-state index in [1.807, 2.05) is 6.92 Å². The summed E-state index contributed by atoms with van der Waals surface area (Å²) in [6, 6.07) is 5.04. The highest BCUT2D eigenvalue weighted by Crippen LogP contribution is 2.06. The summed E-state index contributed by atoms with van der Waals surface area (Å²) in [6.45, 7) is 1.96. The van der Waals surface area contributed by atoms with E-state index in [0.29, 0.717) is 6.42 Å². The molecule has 21 heavy (non-hydrogen) atoms. The third-order valence-electron chi connectivity index (χ3n) is 2.96. The molecule has 0 fully saturated rings. The summed E-state index contributed by atoms with van der Waals surface area (Å²) >= 11 is 0. The minimum Gasteiger partial charge on any atom is -0.480 e. The molecular weight excluding hydrogens is 273 g/mol. The van der Waals surface area contributed by atoms with Crippen molar-refractivity contribution in [3.05, 3.63) is 41.7 Å². The molecule has 0 aliphatic carbocycles. The van der Waals surface area contributed by atoms with E-state index in [-0.39, 0.29) is 18.1 Å². The standard InChI is InChI=1S/C16H20FNO3/c1-2-3-6-14(16(20)21)18-15(19)7-4-5-12-8-10-13(17)11-9-12/h4-5,8-11,14H,2-3,6-7H2,1H3,(H,18,19)(H,20,21)/b5-4+/t14-/m0/s1. The second-order valence-electron chi connectivity index (χ2n) is 4.76. The number of carboxylic acid groups (broad SMARTS) is 1. The monoisotopic (exact) mass is 293 g/mol. The first kappa shape index (κ1) is 16.9. The molecule has 0 bridgehead atoms. The molecule has 1 atom stereocenters. The highest BCUT2D eigenvalue weighted by atomic mass is 19.1. The lowest BCUT2D eigenvalue weighted by molar-refractivity contribution is -0.141. The molecule has 0 aliphatic rings. The molecule has 5 heteroatoms. The van der Waals surface area contributed by atoms with E-state index in [1.54, 1.807) is 24.3 Å². The summed E-state index contributed by atoms with van der Waals surface area (Å²) in [5, 5.41) is 11.5. The number of hydrogen-bond acceptors (Lipinski definition) is 2. The lowest BCUT2D eigenvalue weighted by Crippen LogP contribution is -2.40. The molecule has 0 aromatic heterocycles. The van der Waals surface area contributed by atoms with Crippen molar-refractivity contribution in [2.75, 3.05) is 0 Å². The van der Waals surface area contributed by atoms with Crippen molar-refractivity contribution in [2.24, 2.45) is 0 Å². The van der Waals surface area contributed by atoms with E-state index in [9.17, 15) is 14.0 Å². The zero-order valence-corrected chi connectivity index (χ0v) is 12.0. The van der Waals surface area contributed by atoms with Gasteiger partial charge in [-0.1, -0.05) is 44.1 Å². The van der Waals surface area contributed by atoms with Crippen LogP contribution in [0.5, 0.6) is 0 Å². The highest BCUT2D eigenvalue weighted by Gasteiger charge is 2.18. The van der Waals surface area contributed by atoms with E-state index in [0.717, 1.165) is 18.4 Å². The van der Waals surface area contributed by atoms with Crippen molar-refractivity contribution in [1.82, 2.24) is 5.32 Å². The van der Waals surface area contributed by atoms with Crippen LogP contribution in [-0.4, -0.2) is 23.0 Å². The number of halogens is 1. The third-order valence-corrected chi connectivity index (χ3v) is 2.96. The molecule has 0 heterocycles. The Labute approximate surface area is 123 Å². The van der Waals surface area contributed by atoms with Crippen molar-refractivity contribution >= 4 is 18.0 Å². The Balaban J connectivity index is 2.45. The first-order valence-electron chi connectivity index (χ1n) is 6.97. The van der Waals surface area contributed by atoms with Crippen molar-refractivity contribution in [2.45, 2.75) is 38.6 Å². The zero-order valence-electron chi connectivity index (χ0n) is 12.0. The van der Waals surface area contributed by atoms with Gasteiger partial charge in [0.05, 0.1) is 0 Å². The molecule has 0 saturated heterocycles. The first-order valence-corrected chi connectivity index (χ1v) is 6.97. The number of unbranched alkanes of at least 4 members (excludes halogenated alkanes) is 1. The van der Waals surface area contributed by atoms with Gasteiger partial charge in [0.15, 0.2) is 0 Å². The molecule has 1 aromatic carbocycles. The average molecular weight is 293 g/mol. The van der Waals surface area contributed by atoms with Crippen LogP contribution < -0.4 is 5.32 Å². The molecule has 2 N–H and O–H groups in total. The molecule has 1 aromatic rings. The second-order valence-corrected chi connectivity index (χ2v) is 4.76. The molecule has 0 unspecified atom stereocenters. The second kappa shape index (κ2) is 8.89. The van der Waals surface area contributed by atoms with E-state index in [1.165, 1.54) is 12.1 Å². The van der Waals surface area contributed by atoms with E-state index >= 15 is 0 Å². The largest absolute Gasteiger partial charge is 0.480 e. The topological polar surface area (TPSA) is 66.4 Å². The Kier molecular flexibility index (Phi) is 7.15. The average Bonchev–Trinajstić information content (AvgIpc) is 2.45. The molecule has 0 aliphatic heterocycles. The van der Waals surface area contributed by atoms with Crippen LogP contribution in [0.1, 0.15) is 38.2 Å². The van der Waals surface area contributed by atoms with Gasteiger partial charge in [-0.05, 0) is 24.1 Å². The fourth-order valence-corrected chi connectivity index (χ4v) is 1.79. The van der Waals surface area contributed by atoms with Gasteiger partial charge in [0, 0.05) is 6.42 Å². The molecule has 4 nitrogen and oxygen atoms in total. The number of rotatable bonds is 8. The minimum absolute atomic E-state index is 0.0906. The summed E-state index contributed by atoms with van der Waals surface area (Å²) in [6.07, 6.45) is 5.47. The number of carbonyl (C=O) groups excluding carboxylic acids is 1. The molecule has 1 amide bonds. The van der Waals surface area contributed by atoms with Gasteiger partial charge in [0.2, 0.25) is 5.91 Å². The van der Waals surface area contributed by atoms with Gasteiger partial charge in [-0.15, -0.1) is 0 Å². The lowest BCUT2D eigenvalue weighted by Gasteiger charge is -2.13. The number of nitrogens with one attached hydrogen (secondary N) is 1. The summed E-state index contributed by atoms with van der Waals surface area (Å²) in [4.78, 5) is 22.7. The number of carboxylic acids is 1. The Morgan fingerprint density at radius 2 is 2.00 bits per heavy atom. The van der Waals surface area contributed by atoms with Crippen molar-refractivity contribution in [3.63, 3.8) is 0 Å². The third kappa shape index (κ3) is 6.70. The van der Waals surface area contributed by atoms with Gasteiger partial charge >= 0.3 is 5.97 Å². The summed E-state index contributed by atoms with van der Waals surface area (Å²) in [5.41, 5.74) is 0.782. The van der Waals surface area contributed by atoms with Crippen molar-refractivity contribution < 1.29 is 19.1 Å². The van der Waals surface area contributed by atoms with E-state index in [4.69, 9.17) is 5.11 Å². The smallest absolute Gasteiger partial charge is 0.326 e. The summed E-state index contributed by atoms with van der Waals surface area (Å²) < 4.78 is 12.7. The zero-order chi connectivity index (χ0) is 15.7. The fourth-order valence-electron chi connectivity index (χ4n) is 1.79. The normalized spacial score (nSPS) is 12.3. The Bertz CT molecular complexity index is 497. The lowest BCUT2D eigenvalue weighted by atomic mass is 10.1. The van der Waals surface area contributed by atoms with Gasteiger partial charge in [-0.3, -0.25) is 4.79 Å². The molecular formula is C16H20FNO3. The number of aliphatic carboxylic acids is 1. The maximum Gasteiger partial charge on any atom is 0.326 e. The van der Waals surface area contributed by atoms with Gasteiger partial charge < -0.3 is 10.4 Å². The Hall–Kier alpha value is -2.17. The van der Waals surface area contributed by atoms with Gasteiger partial charge in [-0.2, -0.15) is 0 Å². The maximum atomic E-state index is 12.7. The van der Waals surface area contributed by atoms with Crippen LogP contribution in [-0.2, 0) is 9.59 Å². The van der Waals surface area contributed by atoms with Gasteiger partial charge in [-0.25, -0.2) is 9.18 Å². The molecule has 0 radical (unpaired) electrons. The van der Waals surface area contributed by atoms with Crippen LogP contribution in [0.15, 0.2) is 30.3 Å². The maximum absolute atomic E-state index is 12.7. The quantitative estimate of drug-likeness (QED) is 0.774. The molecule has 0 spiro atoms. The Morgan fingerprint density at radius 3 is 2.57 bits per heavy atom. The van der Waals surface area contributed by atoms with Crippen LogP contribution in [0.4, 0.5) is 4.39 Å². The Morgan fingerprint density at radius 1 is 1.33 bits per heavy atom. The SMILES string of the molecule is CCCC[C@H](NC(=O)C/C=C/c1ccc(F)cc1)C(=O)O.